The zero-order valence-corrected chi connectivity index (χ0v) is 11.3. The lowest BCUT2D eigenvalue weighted by molar-refractivity contribution is 0.0686. The quantitative estimate of drug-likeness (QED) is 0.917. The number of aromatic carboxylic acids is 1. The van der Waals surface area contributed by atoms with Crippen LogP contribution in [0.4, 0.5) is 4.39 Å². The number of hydrogen-bond acceptors (Lipinski definition) is 5. The second-order valence-corrected chi connectivity index (χ2v) is 4.71. The summed E-state index contributed by atoms with van der Waals surface area (Å²) in [5.41, 5.74) is -0.438. The first-order valence-corrected chi connectivity index (χ1v) is 6.43. The summed E-state index contributed by atoms with van der Waals surface area (Å²) in [6.45, 7) is 0.742. The summed E-state index contributed by atoms with van der Waals surface area (Å²) in [5.74, 6) is -1.75. The molecule has 1 aromatic carbocycles. The van der Waals surface area contributed by atoms with Crippen molar-refractivity contribution in [2.45, 2.75) is 6.42 Å². The summed E-state index contributed by atoms with van der Waals surface area (Å²) >= 11 is 5.83. The van der Waals surface area contributed by atoms with Crippen LogP contribution >= 0.6 is 11.6 Å². The number of nitrogens with zero attached hydrogens (tertiary/aromatic N) is 1. The fourth-order valence-corrected chi connectivity index (χ4v) is 2.16. The lowest BCUT2D eigenvalue weighted by atomic mass is 10.1. The first-order valence-electron chi connectivity index (χ1n) is 6.06. The van der Waals surface area contributed by atoms with Gasteiger partial charge in [0.1, 0.15) is 5.56 Å². The topological polar surface area (TPSA) is 81.8 Å². The number of hydrogen-bond donors (Lipinski definition) is 1. The zero-order chi connectivity index (χ0) is 15.0. The van der Waals surface area contributed by atoms with Gasteiger partial charge in [-0.05, 0) is 0 Å². The predicted octanol–water partition coefficient (Wildman–Crippen LogP) is 2.99. The molecule has 3 rings (SSSR count). The van der Waals surface area contributed by atoms with E-state index in [2.05, 4.69) is 5.16 Å². The van der Waals surface area contributed by atoms with Gasteiger partial charge in [0, 0.05) is 18.6 Å². The molecule has 0 fully saturated rings. The average molecular weight is 314 g/mol. The molecule has 1 aliphatic heterocycles. The number of aromatic nitrogens is 1. The van der Waals surface area contributed by atoms with Crippen LogP contribution in [0.2, 0.25) is 5.02 Å². The van der Waals surface area contributed by atoms with Crippen LogP contribution in [0.1, 0.15) is 16.9 Å². The second kappa shape index (κ2) is 5.25. The van der Waals surface area contributed by atoms with Crippen LogP contribution in [0, 0.1) is 5.82 Å². The third kappa shape index (κ3) is 2.40. The fourth-order valence-electron chi connectivity index (χ4n) is 1.97. The predicted molar refractivity (Wildman–Crippen MR) is 69.5 cm³/mol. The van der Waals surface area contributed by atoms with Crippen molar-refractivity contribution in [2.24, 2.45) is 0 Å². The molecule has 6 nitrogen and oxygen atoms in total. The van der Waals surface area contributed by atoms with Gasteiger partial charge in [0.25, 0.3) is 0 Å². The van der Waals surface area contributed by atoms with E-state index in [1.54, 1.807) is 0 Å². The monoisotopic (exact) mass is 313 g/mol. The summed E-state index contributed by atoms with van der Waals surface area (Å²) < 4.78 is 30.1. The number of benzene rings is 1. The maximum absolute atomic E-state index is 14.3. The molecular weight excluding hydrogens is 305 g/mol. The largest absolute Gasteiger partial charge is 0.489 e. The highest BCUT2D eigenvalue weighted by Gasteiger charge is 2.26. The molecule has 0 amide bonds. The van der Waals surface area contributed by atoms with E-state index in [1.165, 1.54) is 6.07 Å². The minimum absolute atomic E-state index is 0.0887. The third-order valence-corrected chi connectivity index (χ3v) is 3.18. The Balaban J connectivity index is 2.19. The standard InChI is InChI=1S/C13H9ClFNO5/c14-6-4-9-12(20-3-1-2-19-9)10(11(6)15)8-5-7(13(17)18)16-21-8/h4-5H,1-3H2,(H,17,18). The molecule has 2 heterocycles. The smallest absolute Gasteiger partial charge is 0.358 e. The van der Waals surface area contributed by atoms with Gasteiger partial charge < -0.3 is 19.1 Å². The average Bonchev–Trinajstić information content (AvgIpc) is 2.82. The molecule has 21 heavy (non-hydrogen) atoms. The summed E-state index contributed by atoms with van der Waals surface area (Å²) in [4.78, 5) is 10.8. The Bertz CT molecular complexity index is 715. The molecule has 8 heteroatoms. The minimum atomic E-state index is -1.28. The number of halogens is 2. The highest BCUT2D eigenvalue weighted by atomic mass is 35.5. The van der Waals surface area contributed by atoms with Crippen LogP contribution in [0.3, 0.4) is 0 Å². The van der Waals surface area contributed by atoms with Crippen molar-refractivity contribution >= 4 is 17.6 Å². The number of fused-ring (bicyclic) bond motifs is 1. The van der Waals surface area contributed by atoms with E-state index in [1.807, 2.05) is 0 Å². The Labute approximate surface area is 123 Å². The summed E-state index contributed by atoms with van der Waals surface area (Å²) in [5, 5.41) is 12.0. The van der Waals surface area contributed by atoms with Crippen LogP contribution in [0.15, 0.2) is 16.7 Å². The van der Waals surface area contributed by atoms with Crippen molar-refractivity contribution in [2.75, 3.05) is 13.2 Å². The van der Waals surface area contributed by atoms with Gasteiger partial charge in [-0.2, -0.15) is 0 Å². The molecule has 0 spiro atoms. The molecule has 0 saturated heterocycles. The molecule has 0 atom stereocenters. The van der Waals surface area contributed by atoms with Gasteiger partial charge in [-0.15, -0.1) is 0 Å². The van der Waals surface area contributed by atoms with E-state index in [9.17, 15) is 9.18 Å². The van der Waals surface area contributed by atoms with Crippen molar-refractivity contribution in [1.82, 2.24) is 5.16 Å². The molecule has 1 aromatic heterocycles. The van der Waals surface area contributed by atoms with Crippen LogP contribution in [0.5, 0.6) is 11.5 Å². The molecule has 0 unspecified atom stereocenters. The number of carboxylic acids is 1. The number of carbonyl (C=O) groups is 1. The van der Waals surface area contributed by atoms with Crippen LogP contribution in [-0.2, 0) is 0 Å². The molecule has 0 bridgehead atoms. The molecule has 0 radical (unpaired) electrons. The molecular formula is C13H9ClFNO5. The normalized spacial score (nSPS) is 13.8. The van der Waals surface area contributed by atoms with E-state index >= 15 is 0 Å². The van der Waals surface area contributed by atoms with Crippen molar-refractivity contribution < 1.29 is 28.3 Å². The highest BCUT2D eigenvalue weighted by molar-refractivity contribution is 6.31. The lowest BCUT2D eigenvalue weighted by Gasteiger charge is -2.12. The van der Waals surface area contributed by atoms with Gasteiger partial charge in [0.15, 0.2) is 28.8 Å². The molecule has 2 aromatic rings. The molecule has 1 aliphatic rings. The van der Waals surface area contributed by atoms with Crippen molar-refractivity contribution in [3.8, 4) is 22.8 Å². The number of ether oxygens (including phenoxy) is 2. The van der Waals surface area contributed by atoms with E-state index in [-0.39, 0.29) is 33.5 Å². The number of rotatable bonds is 2. The molecule has 0 saturated carbocycles. The Kier molecular flexibility index (Phi) is 3.42. The van der Waals surface area contributed by atoms with Gasteiger partial charge >= 0.3 is 5.97 Å². The van der Waals surface area contributed by atoms with Crippen molar-refractivity contribution in [1.29, 1.82) is 0 Å². The maximum atomic E-state index is 14.3. The second-order valence-electron chi connectivity index (χ2n) is 4.31. The van der Waals surface area contributed by atoms with E-state index in [0.29, 0.717) is 19.6 Å². The Morgan fingerprint density at radius 3 is 2.81 bits per heavy atom. The van der Waals surface area contributed by atoms with E-state index in [0.717, 1.165) is 6.07 Å². The third-order valence-electron chi connectivity index (χ3n) is 2.91. The summed E-state index contributed by atoms with van der Waals surface area (Å²) in [6.07, 6.45) is 0.629. The molecule has 1 N–H and O–H groups in total. The van der Waals surface area contributed by atoms with Gasteiger partial charge in [-0.1, -0.05) is 16.8 Å². The van der Waals surface area contributed by atoms with Gasteiger partial charge in [-0.25, -0.2) is 9.18 Å². The first-order chi connectivity index (χ1) is 10.1. The molecule has 110 valence electrons. The Hall–Kier alpha value is -2.28. The highest BCUT2D eigenvalue weighted by Crippen LogP contribution is 2.44. The number of carboxylic acid groups (broad SMARTS) is 1. The van der Waals surface area contributed by atoms with Crippen LogP contribution in [-0.4, -0.2) is 29.4 Å². The van der Waals surface area contributed by atoms with Gasteiger partial charge in [0.05, 0.1) is 18.2 Å². The van der Waals surface area contributed by atoms with Crippen LogP contribution in [0.25, 0.3) is 11.3 Å². The maximum Gasteiger partial charge on any atom is 0.358 e. The van der Waals surface area contributed by atoms with E-state index in [4.69, 9.17) is 30.7 Å². The fraction of sp³-hybridized carbons (Fsp3) is 0.231. The Morgan fingerprint density at radius 2 is 2.10 bits per heavy atom. The minimum Gasteiger partial charge on any atom is -0.489 e. The van der Waals surface area contributed by atoms with Gasteiger partial charge in [0.2, 0.25) is 0 Å². The zero-order valence-electron chi connectivity index (χ0n) is 10.6. The van der Waals surface area contributed by atoms with Gasteiger partial charge in [-0.3, -0.25) is 0 Å². The first kappa shape index (κ1) is 13.7. The van der Waals surface area contributed by atoms with Crippen molar-refractivity contribution in [3.05, 3.63) is 28.7 Å². The van der Waals surface area contributed by atoms with Crippen LogP contribution < -0.4 is 9.47 Å². The summed E-state index contributed by atoms with van der Waals surface area (Å²) in [7, 11) is 0. The SMILES string of the molecule is O=C(O)c1cc(-c2c(F)c(Cl)cc3c2OCCCO3)on1. The lowest BCUT2D eigenvalue weighted by Crippen LogP contribution is -1.98. The van der Waals surface area contributed by atoms with E-state index < -0.39 is 11.8 Å². The Morgan fingerprint density at radius 1 is 1.33 bits per heavy atom. The van der Waals surface area contributed by atoms with Crippen molar-refractivity contribution in [3.63, 3.8) is 0 Å². The molecule has 0 aliphatic carbocycles. The summed E-state index contributed by atoms with van der Waals surface area (Å²) in [6, 6.07) is 2.42.